The van der Waals surface area contributed by atoms with Gasteiger partial charge in [-0.3, -0.25) is 4.98 Å². The van der Waals surface area contributed by atoms with Crippen molar-refractivity contribution in [1.82, 2.24) is 4.98 Å². The lowest BCUT2D eigenvalue weighted by atomic mass is 9.87. The van der Waals surface area contributed by atoms with E-state index >= 15 is 0 Å². The van der Waals surface area contributed by atoms with Crippen LogP contribution in [0.15, 0.2) is 34.9 Å². The minimum atomic E-state index is -0.502. The molecular weight excluding hydrogens is 328 g/mol. The van der Waals surface area contributed by atoms with Crippen molar-refractivity contribution in [2.75, 3.05) is 7.11 Å². The van der Waals surface area contributed by atoms with Gasteiger partial charge in [-0.2, -0.15) is 0 Å². The maximum Gasteiger partial charge on any atom is 0.128 e. The first-order chi connectivity index (χ1) is 9.86. The minimum Gasteiger partial charge on any atom is -0.496 e. The second kappa shape index (κ2) is 6.16. The summed E-state index contributed by atoms with van der Waals surface area (Å²) in [5, 5.41) is 0. The average molecular weight is 349 g/mol. The van der Waals surface area contributed by atoms with Gasteiger partial charge in [0.2, 0.25) is 0 Å². The Morgan fingerprint density at radius 1 is 1.29 bits per heavy atom. The highest BCUT2D eigenvalue weighted by molar-refractivity contribution is 9.10. The zero-order valence-electron chi connectivity index (χ0n) is 12.9. The van der Waals surface area contributed by atoms with Crippen molar-refractivity contribution in [3.05, 3.63) is 57.3 Å². The van der Waals surface area contributed by atoms with Crippen LogP contribution in [0.2, 0.25) is 0 Å². The molecule has 2 rings (SSSR count). The number of aryl methyl sites for hydroxylation is 1. The molecule has 0 radical (unpaired) electrons. The molecule has 0 saturated carbocycles. The molecule has 1 aromatic heterocycles. The maximum absolute atomic E-state index is 6.56. The van der Waals surface area contributed by atoms with E-state index in [1.165, 1.54) is 0 Å². The summed E-state index contributed by atoms with van der Waals surface area (Å²) < 4.78 is 6.49. The molecular formula is C17H21BrN2O. The number of ether oxygens (including phenoxy) is 1. The molecule has 0 bridgehead atoms. The highest BCUT2D eigenvalue weighted by Gasteiger charge is 2.26. The van der Waals surface area contributed by atoms with Gasteiger partial charge in [-0.15, -0.1) is 0 Å². The van der Waals surface area contributed by atoms with Crippen LogP contribution in [0.4, 0.5) is 0 Å². The van der Waals surface area contributed by atoms with Gasteiger partial charge in [0, 0.05) is 39.5 Å². The number of rotatable bonds is 4. The molecule has 0 amide bonds. The Kier molecular flexibility index (Phi) is 4.69. The normalized spacial score (nSPS) is 13.8. The quantitative estimate of drug-likeness (QED) is 0.911. The number of pyridine rings is 1. The number of halogens is 1. The molecule has 0 aliphatic heterocycles. The summed E-state index contributed by atoms with van der Waals surface area (Å²) in [5.74, 6) is 0.892. The van der Waals surface area contributed by atoms with E-state index in [9.17, 15) is 0 Å². The summed E-state index contributed by atoms with van der Waals surface area (Å²) in [6, 6.07) is 8.05. The molecule has 0 saturated heterocycles. The zero-order valence-corrected chi connectivity index (χ0v) is 14.5. The van der Waals surface area contributed by atoms with Crippen molar-refractivity contribution in [3.8, 4) is 5.75 Å². The molecule has 1 unspecified atom stereocenters. The predicted molar refractivity (Wildman–Crippen MR) is 89.6 cm³/mol. The Bertz CT molecular complexity index is 653. The molecule has 0 fully saturated rings. The average Bonchev–Trinajstić information content (AvgIpc) is 2.43. The van der Waals surface area contributed by atoms with Crippen LogP contribution in [-0.2, 0) is 12.0 Å². The number of hydrogen-bond acceptors (Lipinski definition) is 3. The van der Waals surface area contributed by atoms with Crippen LogP contribution in [0.1, 0.15) is 29.3 Å². The van der Waals surface area contributed by atoms with Gasteiger partial charge in [-0.05, 0) is 32.4 Å². The lowest BCUT2D eigenvalue weighted by Gasteiger charge is -2.27. The fourth-order valence-electron chi connectivity index (χ4n) is 2.62. The summed E-state index contributed by atoms with van der Waals surface area (Å²) in [7, 11) is 1.69. The second-order valence-corrected chi connectivity index (χ2v) is 6.47. The van der Waals surface area contributed by atoms with Gasteiger partial charge in [0.05, 0.1) is 7.11 Å². The number of benzene rings is 1. The SMILES string of the molecule is COc1c(C)cnc(CC(C)(N)c2ccccc2Br)c1C. The van der Waals surface area contributed by atoms with E-state index in [1.54, 1.807) is 7.11 Å². The van der Waals surface area contributed by atoms with Crippen LogP contribution in [0.5, 0.6) is 5.75 Å². The van der Waals surface area contributed by atoms with E-state index in [0.29, 0.717) is 6.42 Å². The molecule has 0 aliphatic carbocycles. The molecule has 0 spiro atoms. The third kappa shape index (κ3) is 3.27. The van der Waals surface area contributed by atoms with Gasteiger partial charge in [-0.1, -0.05) is 34.1 Å². The summed E-state index contributed by atoms with van der Waals surface area (Å²) in [5.41, 5.74) is 10.2. The molecule has 1 atom stereocenters. The van der Waals surface area contributed by atoms with E-state index in [0.717, 1.165) is 32.6 Å². The number of methoxy groups -OCH3 is 1. The van der Waals surface area contributed by atoms with E-state index in [1.807, 2.05) is 51.2 Å². The number of hydrogen-bond donors (Lipinski definition) is 1. The minimum absolute atomic E-state index is 0.502. The smallest absolute Gasteiger partial charge is 0.128 e. The zero-order chi connectivity index (χ0) is 15.6. The Labute approximate surface area is 134 Å². The van der Waals surface area contributed by atoms with Gasteiger partial charge in [0.15, 0.2) is 0 Å². The largest absolute Gasteiger partial charge is 0.496 e. The van der Waals surface area contributed by atoms with E-state index in [2.05, 4.69) is 20.9 Å². The third-order valence-electron chi connectivity index (χ3n) is 3.77. The second-order valence-electron chi connectivity index (χ2n) is 5.62. The molecule has 21 heavy (non-hydrogen) atoms. The van der Waals surface area contributed by atoms with Crippen molar-refractivity contribution < 1.29 is 4.74 Å². The van der Waals surface area contributed by atoms with Crippen LogP contribution >= 0.6 is 15.9 Å². The van der Waals surface area contributed by atoms with Crippen molar-refractivity contribution in [2.45, 2.75) is 32.7 Å². The van der Waals surface area contributed by atoms with Gasteiger partial charge in [-0.25, -0.2) is 0 Å². The van der Waals surface area contributed by atoms with E-state index in [4.69, 9.17) is 10.5 Å². The first-order valence-corrected chi connectivity index (χ1v) is 7.69. The van der Waals surface area contributed by atoms with Crippen LogP contribution in [0, 0.1) is 13.8 Å². The monoisotopic (exact) mass is 348 g/mol. The molecule has 2 aromatic rings. The topological polar surface area (TPSA) is 48.1 Å². The highest BCUT2D eigenvalue weighted by atomic mass is 79.9. The van der Waals surface area contributed by atoms with Crippen molar-refractivity contribution in [2.24, 2.45) is 5.73 Å². The van der Waals surface area contributed by atoms with Gasteiger partial charge >= 0.3 is 0 Å². The van der Waals surface area contributed by atoms with Gasteiger partial charge in [0.1, 0.15) is 5.75 Å². The van der Waals surface area contributed by atoms with Gasteiger partial charge in [0.25, 0.3) is 0 Å². The number of nitrogens with two attached hydrogens (primary N) is 1. The Hall–Kier alpha value is -1.39. The standard InChI is InChI=1S/C17H21BrN2O/c1-11-10-20-15(12(2)16(11)21-4)9-17(3,19)13-7-5-6-8-14(13)18/h5-8,10H,9,19H2,1-4H3. The first-order valence-electron chi connectivity index (χ1n) is 6.89. The molecule has 2 N–H and O–H groups in total. The molecule has 3 nitrogen and oxygen atoms in total. The lowest BCUT2D eigenvalue weighted by molar-refractivity contribution is 0.404. The van der Waals surface area contributed by atoms with Gasteiger partial charge < -0.3 is 10.5 Å². The van der Waals surface area contributed by atoms with E-state index < -0.39 is 5.54 Å². The van der Waals surface area contributed by atoms with Crippen molar-refractivity contribution in [1.29, 1.82) is 0 Å². The molecule has 1 heterocycles. The van der Waals surface area contributed by atoms with Crippen LogP contribution in [0.25, 0.3) is 0 Å². The summed E-state index contributed by atoms with van der Waals surface area (Å²) in [6.07, 6.45) is 2.50. The fraction of sp³-hybridized carbons (Fsp3) is 0.353. The van der Waals surface area contributed by atoms with Crippen molar-refractivity contribution >= 4 is 15.9 Å². The Morgan fingerprint density at radius 3 is 2.57 bits per heavy atom. The molecule has 1 aromatic carbocycles. The Balaban J connectivity index is 2.40. The maximum atomic E-state index is 6.56. The lowest BCUT2D eigenvalue weighted by Crippen LogP contribution is -2.36. The Morgan fingerprint density at radius 2 is 1.95 bits per heavy atom. The fourth-order valence-corrected chi connectivity index (χ4v) is 3.35. The summed E-state index contributed by atoms with van der Waals surface area (Å²) in [6.45, 7) is 6.06. The molecule has 0 aliphatic rings. The first kappa shape index (κ1) is 16.0. The molecule has 4 heteroatoms. The van der Waals surface area contributed by atoms with Crippen LogP contribution in [0.3, 0.4) is 0 Å². The third-order valence-corrected chi connectivity index (χ3v) is 4.47. The number of aromatic nitrogens is 1. The van der Waals surface area contributed by atoms with Crippen molar-refractivity contribution in [3.63, 3.8) is 0 Å². The van der Waals surface area contributed by atoms with E-state index in [-0.39, 0.29) is 0 Å². The van der Waals surface area contributed by atoms with Crippen LogP contribution in [-0.4, -0.2) is 12.1 Å². The van der Waals surface area contributed by atoms with Crippen LogP contribution < -0.4 is 10.5 Å². The molecule has 112 valence electrons. The highest BCUT2D eigenvalue weighted by Crippen LogP contribution is 2.32. The number of nitrogens with zero attached hydrogens (tertiary/aromatic N) is 1. The predicted octanol–water partition coefficient (Wildman–Crippen LogP) is 3.89. The summed E-state index contributed by atoms with van der Waals surface area (Å²) >= 11 is 3.58. The summed E-state index contributed by atoms with van der Waals surface area (Å²) in [4.78, 5) is 4.55.